The van der Waals surface area contributed by atoms with Gasteiger partial charge in [-0.05, 0) is 53.4 Å². The quantitative estimate of drug-likeness (QED) is 0.778. The van der Waals surface area contributed by atoms with Gasteiger partial charge in [-0.3, -0.25) is 0 Å². The van der Waals surface area contributed by atoms with E-state index in [2.05, 4.69) is 54.2 Å². The number of nitrogens with one attached hydrogen (secondary N) is 1. The first-order valence-corrected chi connectivity index (χ1v) is 7.08. The summed E-state index contributed by atoms with van der Waals surface area (Å²) in [6.45, 7) is 6.39. The number of hydrogen-bond acceptors (Lipinski definition) is 2. The van der Waals surface area contributed by atoms with Crippen molar-refractivity contribution < 1.29 is 0 Å². The van der Waals surface area contributed by atoms with Crippen LogP contribution in [0.5, 0.6) is 0 Å². The molecule has 1 aromatic carbocycles. The zero-order chi connectivity index (χ0) is 12.1. The third-order valence-corrected chi connectivity index (χ3v) is 3.52. The predicted molar refractivity (Wildman–Crippen MR) is 76.5 cm³/mol. The Kier molecular flexibility index (Phi) is 4.35. The van der Waals surface area contributed by atoms with Crippen LogP contribution in [0.3, 0.4) is 0 Å². The van der Waals surface area contributed by atoms with Crippen LogP contribution in [-0.2, 0) is 6.54 Å². The van der Waals surface area contributed by atoms with Crippen LogP contribution >= 0.6 is 11.3 Å². The van der Waals surface area contributed by atoms with E-state index in [1.165, 1.54) is 28.7 Å². The first-order chi connectivity index (χ1) is 8.31. The summed E-state index contributed by atoms with van der Waals surface area (Å²) in [5, 5.41) is 7.84. The predicted octanol–water partition coefficient (Wildman–Crippen LogP) is 4.22. The minimum atomic E-state index is 0.958. The Bertz CT molecular complexity index is 460. The van der Waals surface area contributed by atoms with E-state index in [4.69, 9.17) is 0 Å². The molecule has 0 aliphatic carbocycles. The average molecular weight is 245 g/mol. The first kappa shape index (κ1) is 12.3. The average Bonchev–Trinajstić information content (AvgIpc) is 2.85. The van der Waals surface area contributed by atoms with E-state index in [0.717, 1.165) is 13.1 Å². The Morgan fingerprint density at radius 2 is 2.12 bits per heavy atom. The van der Waals surface area contributed by atoms with Crippen molar-refractivity contribution in [3.63, 3.8) is 0 Å². The SMILES string of the molecule is CCCNCc1ccc(C)cc1-c1ccsc1. The third kappa shape index (κ3) is 3.18. The molecule has 2 aromatic rings. The van der Waals surface area contributed by atoms with Crippen molar-refractivity contribution in [1.29, 1.82) is 0 Å². The van der Waals surface area contributed by atoms with Gasteiger partial charge in [-0.1, -0.05) is 30.7 Å². The fourth-order valence-electron chi connectivity index (χ4n) is 1.93. The van der Waals surface area contributed by atoms with Gasteiger partial charge in [0.15, 0.2) is 0 Å². The van der Waals surface area contributed by atoms with Crippen molar-refractivity contribution >= 4 is 11.3 Å². The molecule has 0 fully saturated rings. The Morgan fingerprint density at radius 3 is 2.82 bits per heavy atom. The molecule has 0 unspecified atom stereocenters. The molecule has 1 nitrogen and oxygen atoms in total. The van der Waals surface area contributed by atoms with Crippen LogP contribution < -0.4 is 5.32 Å². The third-order valence-electron chi connectivity index (χ3n) is 2.84. The molecule has 0 saturated carbocycles. The van der Waals surface area contributed by atoms with Crippen LogP contribution in [-0.4, -0.2) is 6.54 Å². The van der Waals surface area contributed by atoms with Crippen LogP contribution in [0.4, 0.5) is 0 Å². The summed E-state index contributed by atoms with van der Waals surface area (Å²) in [5.41, 5.74) is 5.43. The van der Waals surface area contributed by atoms with Crippen LogP contribution in [0.25, 0.3) is 11.1 Å². The summed E-state index contributed by atoms with van der Waals surface area (Å²) in [6, 6.07) is 8.91. The van der Waals surface area contributed by atoms with E-state index in [1.54, 1.807) is 11.3 Å². The largest absolute Gasteiger partial charge is 0.313 e. The summed E-state index contributed by atoms with van der Waals surface area (Å²) >= 11 is 1.76. The number of hydrogen-bond donors (Lipinski definition) is 1. The fraction of sp³-hybridized carbons (Fsp3) is 0.333. The second-order valence-electron chi connectivity index (χ2n) is 4.35. The molecule has 0 atom stereocenters. The monoisotopic (exact) mass is 245 g/mol. The number of aryl methyl sites for hydroxylation is 1. The second-order valence-corrected chi connectivity index (χ2v) is 5.13. The summed E-state index contributed by atoms with van der Waals surface area (Å²) in [5.74, 6) is 0. The summed E-state index contributed by atoms with van der Waals surface area (Å²) in [7, 11) is 0. The van der Waals surface area contributed by atoms with Gasteiger partial charge in [0, 0.05) is 6.54 Å². The number of benzene rings is 1. The molecule has 0 aliphatic rings. The molecule has 0 spiro atoms. The highest BCUT2D eigenvalue weighted by Gasteiger charge is 2.05. The molecule has 1 heterocycles. The van der Waals surface area contributed by atoms with Crippen molar-refractivity contribution in [2.24, 2.45) is 0 Å². The van der Waals surface area contributed by atoms with E-state index in [-0.39, 0.29) is 0 Å². The molecule has 0 radical (unpaired) electrons. The molecular formula is C15H19NS. The minimum absolute atomic E-state index is 0.958. The highest BCUT2D eigenvalue weighted by molar-refractivity contribution is 7.08. The Labute approximate surface area is 108 Å². The van der Waals surface area contributed by atoms with Crippen molar-refractivity contribution in [2.75, 3.05) is 6.54 Å². The molecule has 2 heteroatoms. The second kappa shape index (κ2) is 5.99. The van der Waals surface area contributed by atoms with Crippen molar-refractivity contribution in [1.82, 2.24) is 5.32 Å². The van der Waals surface area contributed by atoms with Crippen LogP contribution in [0.15, 0.2) is 35.0 Å². The maximum Gasteiger partial charge on any atom is 0.0211 e. The Morgan fingerprint density at radius 1 is 1.24 bits per heavy atom. The van der Waals surface area contributed by atoms with Gasteiger partial charge >= 0.3 is 0 Å². The molecule has 0 amide bonds. The smallest absolute Gasteiger partial charge is 0.0211 e. The molecule has 90 valence electrons. The molecule has 1 aromatic heterocycles. The summed E-state index contributed by atoms with van der Waals surface area (Å²) in [4.78, 5) is 0. The van der Waals surface area contributed by atoms with Gasteiger partial charge in [-0.2, -0.15) is 11.3 Å². The zero-order valence-corrected chi connectivity index (χ0v) is 11.3. The molecule has 1 N–H and O–H groups in total. The van der Waals surface area contributed by atoms with Crippen molar-refractivity contribution in [3.05, 3.63) is 46.2 Å². The maximum absolute atomic E-state index is 3.48. The normalized spacial score (nSPS) is 10.7. The van der Waals surface area contributed by atoms with Crippen LogP contribution in [0, 0.1) is 6.92 Å². The lowest BCUT2D eigenvalue weighted by molar-refractivity contribution is 0.676. The molecule has 2 rings (SSSR count). The lowest BCUT2D eigenvalue weighted by Gasteiger charge is -2.10. The molecule has 0 saturated heterocycles. The molecule has 0 bridgehead atoms. The van der Waals surface area contributed by atoms with Gasteiger partial charge in [0.2, 0.25) is 0 Å². The highest BCUT2D eigenvalue weighted by Crippen LogP contribution is 2.27. The van der Waals surface area contributed by atoms with Gasteiger partial charge in [-0.15, -0.1) is 0 Å². The van der Waals surface area contributed by atoms with E-state index in [0.29, 0.717) is 0 Å². The van der Waals surface area contributed by atoms with Gasteiger partial charge in [0.05, 0.1) is 0 Å². The van der Waals surface area contributed by atoms with E-state index in [1.807, 2.05) is 0 Å². The van der Waals surface area contributed by atoms with Crippen molar-refractivity contribution in [2.45, 2.75) is 26.8 Å². The van der Waals surface area contributed by atoms with Crippen LogP contribution in [0.1, 0.15) is 24.5 Å². The lowest BCUT2D eigenvalue weighted by atomic mass is 9.99. The van der Waals surface area contributed by atoms with E-state index in [9.17, 15) is 0 Å². The highest BCUT2D eigenvalue weighted by atomic mass is 32.1. The number of thiophene rings is 1. The summed E-state index contributed by atoms with van der Waals surface area (Å²) in [6.07, 6.45) is 1.18. The first-order valence-electron chi connectivity index (χ1n) is 6.14. The van der Waals surface area contributed by atoms with E-state index < -0.39 is 0 Å². The molecular weight excluding hydrogens is 226 g/mol. The molecule has 0 aliphatic heterocycles. The van der Waals surface area contributed by atoms with Crippen LogP contribution in [0.2, 0.25) is 0 Å². The maximum atomic E-state index is 3.48. The molecule has 17 heavy (non-hydrogen) atoms. The number of rotatable bonds is 5. The lowest BCUT2D eigenvalue weighted by Crippen LogP contribution is -2.14. The van der Waals surface area contributed by atoms with Gasteiger partial charge in [0.1, 0.15) is 0 Å². The Hall–Kier alpha value is -1.12. The summed E-state index contributed by atoms with van der Waals surface area (Å²) < 4.78 is 0. The minimum Gasteiger partial charge on any atom is -0.313 e. The standard InChI is InChI=1S/C15H19NS/c1-3-7-16-10-13-5-4-12(2)9-15(13)14-6-8-17-11-14/h4-6,8-9,11,16H,3,7,10H2,1-2H3. The van der Waals surface area contributed by atoms with Gasteiger partial charge < -0.3 is 5.32 Å². The van der Waals surface area contributed by atoms with Crippen molar-refractivity contribution in [3.8, 4) is 11.1 Å². The zero-order valence-electron chi connectivity index (χ0n) is 10.5. The van der Waals surface area contributed by atoms with E-state index >= 15 is 0 Å². The fourth-order valence-corrected chi connectivity index (χ4v) is 2.59. The Balaban J connectivity index is 2.25. The van der Waals surface area contributed by atoms with Gasteiger partial charge in [0.25, 0.3) is 0 Å². The van der Waals surface area contributed by atoms with Gasteiger partial charge in [-0.25, -0.2) is 0 Å². The topological polar surface area (TPSA) is 12.0 Å².